The molecule has 0 heterocycles. The molecule has 2 N–H and O–H groups in total. The van der Waals surface area contributed by atoms with Gasteiger partial charge in [0, 0.05) is 18.2 Å². The molecule has 1 aliphatic rings. The lowest BCUT2D eigenvalue weighted by Gasteiger charge is -2.11. The summed E-state index contributed by atoms with van der Waals surface area (Å²) < 4.78 is 5.71. The van der Waals surface area contributed by atoms with E-state index in [1.165, 1.54) is 12.8 Å². The molecule has 0 atom stereocenters. The predicted molar refractivity (Wildman–Crippen MR) is 68.3 cm³/mol. The molecule has 0 amide bonds. The first-order valence-corrected chi connectivity index (χ1v) is 6.26. The average molecular weight is 233 g/mol. The summed E-state index contributed by atoms with van der Waals surface area (Å²) in [6, 6.07) is 5.29. The Morgan fingerprint density at radius 3 is 2.88 bits per heavy atom. The fourth-order valence-electron chi connectivity index (χ4n) is 1.74. The summed E-state index contributed by atoms with van der Waals surface area (Å²) in [6.45, 7) is 2.70. The fraction of sp³-hybridized carbons (Fsp3) is 0.500. The van der Waals surface area contributed by atoms with Crippen molar-refractivity contribution in [3.05, 3.63) is 23.8 Å². The summed E-state index contributed by atoms with van der Waals surface area (Å²) in [5, 5.41) is 0. The van der Waals surface area contributed by atoms with Crippen molar-refractivity contribution in [3.8, 4) is 5.75 Å². The molecule has 0 aromatic heterocycles. The van der Waals surface area contributed by atoms with Crippen LogP contribution in [0.15, 0.2) is 18.2 Å². The van der Waals surface area contributed by atoms with Crippen molar-refractivity contribution in [2.75, 3.05) is 12.3 Å². The molecule has 1 aromatic carbocycles. The summed E-state index contributed by atoms with van der Waals surface area (Å²) in [4.78, 5) is 11.9. The molecule has 0 saturated heterocycles. The van der Waals surface area contributed by atoms with Gasteiger partial charge in [0.15, 0.2) is 5.78 Å². The van der Waals surface area contributed by atoms with Crippen LogP contribution in [0.1, 0.15) is 43.0 Å². The molecule has 0 radical (unpaired) electrons. The molecule has 1 saturated carbocycles. The summed E-state index contributed by atoms with van der Waals surface area (Å²) in [5.74, 6) is 1.46. The standard InChI is InChI=1S/C14H19NO2/c1-2-3-13(16)12-7-6-11(15)8-14(12)17-9-10-4-5-10/h6-8,10H,2-5,9,15H2,1H3. The first-order valence-electron chi connectivity index (χ1n) is 6.26. The maximum atomic E-state index is 11.9. The Morgan fingerprint density at radius 1 is 1.47 bits per heavy atom. The van der Waals surface area contributed by atoms with Crippen molar-refractivity contribution in [3.63, 3.8) is 0 Å². The van der Waals surface area contributed by atoms with E-state index in [2.05, 4.69) is 0 Å². The molecule has 0 unspecified atom stereocenters. The predicted octanol–water partition coefficient (Wildman–Crippen LogP) is 3.04. The van der Waals surface area contributed by atoms with E-state index in [1.807, 2.05) is 6.92 Å². The molecule has 92 valence electrons. The number of carbonyl (C=O) groups is 1. The highest BCUT2D eigenvalue weighted by Gasteiger charge is 2.23. The number of carbonyl (C=O) groups excluding carboxylic acids is 1. The minimum absolute atomic E-state index is 0.137. The van der Waals surface area contributed by atoms with Crippen LogP contribution >= 0.6 is 0 Å². The van der Waals surface area contributed by atoms with Crippen molar-refractivity contribution < 1.29 is 9.53 Å². The van der Waals surface area contributed by atoms with Crippen molar-refractivity contribution in [1.82, 2.24) is 0 Å². The van der Waals surface area contributed by atoms with E-state index in [1.54, 1.807) is 18.2 Å². The van der Waals surface area contributed by atoms with Crippen molar-refractivity contribution in [2.24, 2.45) is 5.92 Å². The molecule has 0 aliphatic heterocycles. The number of ether oxygens (including phenoxy) is 1. The van der Waals surface area contributed by atoms with Gasteiger partial charge in [-0.05, 0) is 37.3 Å². The Hall–Kier alpha value is -1.51. The number of hydrogen-bond donors (Lipinski definition) is 1. The number of rotatable bonds is 6. The number of benzene rings is 1. The van der Waals surface area contributed by atoms with Crippen LogP contribution in [0, 0.1) is 5.92 Å². The molecule has 1 aliphatic carbocycles. The van der Waals surface area contributed by atoms with Gasteiger partial charge in [0.2, 0.25) is 0 Å². The Bertz CT molecular complexity index is 411. The number of anilines is 1. The van der Waals surface area contributed by atoms with Gasteiger partial charge in [0.25, 0.3) is 0 Å². The SMILES string of the molecule is CCCC(=O)c1ccc(N)cc1OCC1CC1. The van der Waals surface area contributed by atoms with Crippen molar-refractivity contribution >= 4 is 11.5 Å². The van der Waals surface area contributed by atoms with Gasteiger partial charge in [-0.25, -0.2) is 0 Å². The van der Waals surface area contributed by atoms with Crippen LogP contribution in [0.5, 0.6) is 5.75 Å². The second-order valence-corrected chi connectivity index (χ2v) is 4.68. The quantitative estimate of drug-likeness (QED) is 0.607. The molecule has 1 aromatic rings. The monoisotopic (exact) mass is 233 g/mol. The van der Waals surface area contributed by atoms with Crippen LogP contribution < -0.4 is 10.5 Å². The third-order valence-electron chi connectivity index (χ3n) is 2.95. The van der Waals surface area contributed by atoms with Crippen LogP contribution in [-0.2, 0) is 0 Å². The molecule has 1 fully saturated rings. The molecular formula is C14H19NO2. The number of hydrogen-bond acceptors (Lipinski definition) is 3. The normalized spacial score (nSPS) is 14.6. The largest absolute Gasteiger partial charge is 0.492 e. The highest BCUT2D eigenvalue weighted by molar-refractivity contribution is 5.99. The topological polar surface area (TPSA) is 52.3 Å². The summed E-state index contributed by atoms with van der Waals surface area (Å²) in [5.41, 5.74) is 7.04. The zero-order chi connectivity index (χ0) is 12.3. The minimum atomic E-state index is 0.137. The van der Waals surface area contributed by atoms with E-state index in [4.69, 9.17) is 10.5 Å². The second kappa shape index (κ2) is 5.21. The van der Waals surface area contributed by atoms with Gasteiger partial charge in [-0.1, -0.05) is 6.92 Å². The zero-order valence-electron chi connectivity index (χ0n) is 10.2. The van der Waals surface area contributed by atoms with Gasteiger partial charge in [-0.3, -0.25) is 4.79 Å². The van der Waals surface area contributed by atoms with Gasteiger partial charge >= 0.3 is 0 Å². The first-order chi connectivity index (χ1) is 8.20. The molecule has 0 spiro atoms. The number of Topliss-reactive ketones (excluding diaryl/α,β-unsaturated/α-hetero) is 1. The van der Waals surface area contributed by atoms with E-state index >= 15 is 0 Å². The van der Waals surface area contributed by atoms with Crippen molar-refractivity contribution in [1.29, 1.82) is 0 Å². The molecule has 2 rings (SSSR count). The van der Waals surface area contributed by atoms with Gasteiger partial charge < -0.3 is 10.5 Å². The molecule has 0 bridgehead atoms. The van der Waals surface area contributed by atoms with Gasteiger partial charge in [0.1, 0.15) is 5.75 Å². The van der Waals surface area contributed by atoms with E-state index in [-0.39, 0.29) is 5.78 Å². The number of ketones is 1. The van der Waals surface area contributed by atoms with Gasteiger partial charge in [-0.15, -0.1) is 0 Å². The van der Waals surface area contributed by atoms with Crippen LogP contribution in [0.4, 0.5) is 5.69 Å². The Kier molecular flexibility index (Phi) is 3.67. The van der Waals surface area contributed by atoms with E-state index in [0.29, 0.717) is 35.9 Å². The van der Waals surface area contributed by atoms with E-state index in [0.717, 1.165) is 6.42 Å². The second-order valence-electron chi connectivity index (χ2n) is 4.68. The number of nitrogens with two attached hydrogens (primary N) is 1. The molecule has 3 heteroatoms. The van der Waals surface area contributed by atoms with Crippen LogP contribution in [-0.4, -0.2) is 12.4 Å². The third-order valence-corrected chi connectivity index (χ3v) is 2.95. The molecular weight excluding hydrogens is 214 g/mol. The third kappa shape index (κ3) is 3.22. The average Bonchev–Trinajstić information content (AvgIpc) is 3.10. The first kappa shape index (κ1) is 12.0. The van der Waals surface area contributed by atoms with Crippen molar-refractivity contribution in [2.45, 2.75) is 32.6 Å². The minimum Gasteiger partial charge on any atom is -0.492 e. The lowest BCUT2D eigenvalue weighted by molar-refractivity contribution is 0.0977. The molecule has 3 nitrogen and oxygen atoms in total. The summed E-state index contributed by atoms with van der Waals surface area (Å²) in [6.07, 6.45) is 3.89. The van der Waals surface area contributed by atoms with Crippen LogP contribution in [0.3, 0.4) is 0 Å². The van der Waals surface area contributed by atoms with E-state index < -0.39 is 0 Å². The van der Waals surface area contributed by atoms with Gasteiger partial charge in [-0.2, -0.15) is 0 Å². The Balaban J connectivity index is 2.13. The van der Waals surface area contributed by atoms with E-state index in [9.17, 15) is 4.79 Å². The zero-order valence-corrected chi connectivity index (χ0v) is 10.2. The molecule has 17 heavy (non-hydrogen) atoms. The fourth-order valence-corrected chi connectivity index (χ4v) is 1.74. The lowest BCUT2D eigenvalue weighted by atomic mass is 10.1. The summed E-state index contributed by atoms with van der Waals surface area (Å²) >= 11 is 0. The van der Waals surface area contributed by atoms with Gasteiger partial charge in [0.05, 0.1) is 12.2 Å². The maximum absolute atomic E-state index is 11.9. The van der Waals surface area contributed by atoms with Crippen LogP contribution in [0.25, 0.3) is 0 Å². The Labute approximate surface area is 102 Å². The highest BCUT2D eigenvalue weighted by atomic mass is 16.5. The van der Waals surface area contributed by atoms with Crippen LogP contribution in [0.2, 0.25) is 0 Å². The smallest absolute Gasteiger partial charge is 0.166 e. The lowest BCUT2D eigenvalue weighted by Crippen LogP contribution is -2.06. The highest BCUT2D eigenvalue weighted by Crippen LogP contribution is 2.31. The maximum Gasteiger partial charge on any atom is 0.166 e. The Morgan fingerprint density at radius 2 is 2.24 bits per heavy atom. The summed E-state index contributed by atoms with van der Waals surface area (Å²) in [7, 11) is 0. The number of nitrogen functional groups attached to an aromatic ring is 1.